The number of nitriles is 1. The number of carbonyl (C=O) groups is 2. The van der Waals surface area contributed by atoms with Gasteiger partial charge in [0, 0.05) is 6.42 Å². The van der Waals surface area contributed by atoms with Crippen molar-refractivity contribution in [1.82, 2.24) is 0 Å². The highest BCUT2D eigenvalue weighted by Gasteiger charge is 2.27. The van der Waals surface area contributed by atoms with E-state index in [9.17, 15) is 22.6 Å². The highest BCUT2D eigenvalue weighted by Crippen LogP contribution is 2.49. The molecule has 1 amide bonds. The van der Waals surface area contributed by atoms with Crippen molar-refractivity contribution in [3.8, 4) is 6.07 Å². The Labute approximate surface area is 176 Å². The van der Waals surface area contributed by atoms with Gasteiger partial charge in [-0.05, 0) is 25.8 Å². The third-order valence-corrected chi connectivity index (χ3v) is 6.51. The van der Waals surface area contributed by atoms with Gasteiger partial charge in [0.25, 0.3) is 0 Å². The fraction of sp³-hybridized carbons (Fsp3) is 0.812. The average Bonchev–Trinajstić information content (AvgIpc) is 2.66. The van der Waals surface area contributed by atoms with Crippen LogP contribution in [0.25, 0.3) is 0 Å². The second-order valence-corrected chi connectivity index (χ2v) is 10.0. The molecule has 0 saturated heterocycles. The molecular formula is C16H30N3O9PS. The van der Waals surface area contributed by atoms with Crippen molar-refractivity contribution in [1.29, 1.82) is 5.26 Å². The van der Waals surface area contributed by atoms with Gasteiger partial charge < -0.3 is 16.2 Å². The Balaban J connectivity index is 4.39. The second-order valence-electron chi connectivity index (χ2n) is 6.04. The summed E-state index contributed by atoms with van der Waals surface area (Å²) in [4.78, 5) is 21.9. The molecule has 0 bridgehead atoms. The van der Waals surface area contributed by atoms with Crippen molar-refractivity contribution in [3.63, 3.8) is 0 Å². The molecule has 0 aliphatic heterocycles. The van der Waals surface area contributed by atoms with Crippen LogP contribution in [0.2, 0.25) is 0 Å². The quantitative estimate of drug-likeness (QED) is 0.150. The van der Waals surface area contributed by atoms with Crippen LogP contribution >= 0.6 is 7.82 Å². The van der Waals surface area contributed by atoms with Gasteiger partial charge in [0.15, 0.2) is 9.84 Å². The Hall–Kier alpha value is -1.55. The molecule has 0 rings (SSSR count). The fourth-order valence-electron chi connectivity index (χ4n) is 1.87. The smallest absolute Gasteiger partial charge is 0.465 e. The summed E-state index contributed by atoms with van der Waals surface area (Å²) in [7, 11) is -7.70. The van der Waals surface area contributed by atoms with Crippen LogP contribution in [0.15, 0.2) is 0 Å². The summed E-state index contributed by atoms with van der Waals surface area (Å²) < 4.78 is 56.4. The minimum Gasteiger partial charge on any atom is -0.465 e. The zero-order chi connectivity index (χ0) is 22.9. The van der Waals surface area contributed by atoms with Crippen molar-refractivity contribution in [2.75, 3.05) is 44.5 Å². The van der Waals surface area contributed by atoms with E-state index in [4.69, 9.17) is 35.0 Å². The average molecular weight is 471 g/mol. The highest BCUT2D eigenvalue weighted by atomic mass is 32.2. The number of nitrogens with two attached hydrogens (primary N) is 2. The molecule has 12 nitrogen and oxygen atoms in total. The summed E-state index contributed by atoms with van der Waals surface area (Å²) in [6.07, 6.45) is 1.63. The van der Waals surface area contributed by atoms with E-state index in [0.29, 0.717) is 13.0 Å². The van der Waals surface area contributed by atoms with Gasteiger partial charge in [0.1, 0.15) is 6.61 Å². The summed E-state index contributed by atoms with van der Waals surface area (Å²) in [5, 5.41) is 8.55. The molecule has 30 heavy (non-hydrogen) atoms. The van der Waals surface area contributed by atoms with Crippen molar-refractivity contribution in [2.45, 2.75) is 38.5 Å². The number of phosphoric ester groups is 1. The number of carbonyl (C=O) groups excluding carboxylic acids is 2. The lowest BCUT2D eigenvalue weighted by Crippen LogP contribution is -2.21. The number of nitrogens with zero attached hydrogens (tertiary/aromatic N) is 1. The van der Waals surface area contributed by atoms with E-state index in [0.717, 1.165) is 12.8 Å². The summed E-state index contributed by atoms with van der Waals surface area (Å²) in [6.45, 7) is -0.466. The van der Waals surface area contributed by atoms with Crippen LogP contribution in [0.3, 0.4) is 0 Å². The number of unbranched alkanes of at least 4 members (excludes halogenated alkanes) is 2. The molecule has 14 heteroatoms. The molecular weight excluding hydrogens is 441 g/mol. The molecule has 4 N–H and O–H groups in total. The number of primary amides is 1. The van der Waals surface area contributed by atoms with Crippen LogP contribution in [-0.2, 0) is 42.3 Å². The van der Waals surface area contributed by atoms with Crippen molar-refractivity contribution < 1.29 is 40.9 Å². The number of amides is 1. The lowest BCUT2D eigenvalue weighted by molar-refractivity contribution is -0.144. The maximum Gasteiger partial charge on any atom is 0.474 e. The maximum absolute atomic E-state index is 12.5. The second kappa shape index (κ2) is 16.2. The minimum atomic E-state index is -4.02. The number of sulfone groups is 1. The van der Waals surface area contributed by atoms with E-state index in [1.54, 1.807) is 0 Å². The molecule has 1 unspecified atom stereocenters. The molecule has 0 spiro atoms. The lowest BCUT2D eigenvalue weighted by atomic mass is 10.2. The minimum absolute atomic E-state index is 0.0384. The zero-order valence-corrected chi connectivity index (χ0v) is 18.5. The Bertz CT molecular complexity index is 709. The largest absolute Gasteiger partial charge is 0.474 e. The van der Waals surface area contributed by atoms with Gasteiger partial charge in [-0.3, -0.25) is 23.2 Å². The molecule has 0 radical (unpaired) electrons. The first-order valence-corrected chi connectivity index (χ1v) is 12.7. The van der Waals surface area contributed by atoms with E-state index < -0.39 is 54.3 Å². The Kier molecular flexibility index (Phi) is 15.3. The molecule has 0 saturated carbocycles. The molecule has 1 atom stereocenters. The standard InChI is InChI=1S/C16H30N3O9PS/c17-7-2-1-3-9-26-29(22,27-10-4-8-18)28-12-14-30(23,24)13-11-25-16(21)6-5-15(19)20/h1-7,9-14,17H2,(H2,19,20). The van der Waals surface area contributed by atoms with E-state index in [-0.39, 0.29) is 32.5 Å². The molecule has 0 fully saturated rings. The fourth-order valence-corrected chi connectivity index (χ4v) is 4.08. The third-order valence-electron chi connectivity index (χ3n) is 3.44. The number of ether oxygens (including phenoxy) is 1. The van der Waals surface area contributed by atoms with Crippen molar-refractivity contribution in [3.05, 3.63) is 0 Å². The lowest BCUT2D eigenvalue weighted by Gasteiger charge is -2.17. The van der Waals surface area contributed by atoms with Crippen molar-refractivity contribution >= 4 is 29.5 Å². The number of rotatable bonds is 19. The first-order chi connectivity index (χ1) is 14.1. The Morgan fingerprint density at radius 2 is 1.57 bits per heavy atom. The topological polar surface area (TPSA) is 198 Å². The molecule has 0 heterocycles. The zero-order valence-electron chi connectivity index (χ0n) is 16.8. The summed E-state index contributed by atoms with van der Waals surface area (Å²) in [5.41, 5.74) is 10.3. The summed E-state index contributed by atoms with van der Waals surface area (Å²) in [5.74, 6) is -2.38. The first-order valence-electron chi connectivity index (χ1n) is 9.39. The van der Waals surface area contributed by atoms with Gasteiger partial charge in [-0.15, -0.1) is 0 Å². The Morgan fingerprint density at radius 3 is 2.20 bits per heavy atom. The highest BCUT2D eigenvalue weighted by molar-refractivity contribution is 7.91. The van der Waals surface area contributed by atoms with Crippen molar-refractivity contribution in [2.24, 2.45) is 11.5 Å². The molecule has 0 aromatic heterocycles. The molecule has 0 aromatic rings. The molecule has 0 aliphatic carbocycles. The predicted molar refractivity (Wildman–Crippen MR) is 107 cm³/mol. The predicted octanol–water partition coefficient (Wildman–Crippen LogP) is 0.410. The van der Waals surface area contributed by atoms with Crippen LogP contribution in [0.5, 0.6) is 0 Å². The number of phosphoric acid groups is 1. The third kappa shape index (κ3) is 16.3. The van der Waals surface area contributed by atoms with Gasteiger partial charge in [-0.25, -0.2) is 13.0 Å². The van der Waals surface area contributed by atoms with Gasteiger partial charge in [-0.2, -0.15) is 5.26 Å². The van der Waals surface area contributed by atoms with Gasteiger partial charge in [0.05, 0.1) is 50.2 Å². The number of hydrogen-bond donors (Lipinski definition) is 2. The van der Waals surface area contributed by atoms with Gasteiger partial charge in [-0.1, -0.05) is 0 Å². The monoisotopic (exact) mass is 471 g/mol. The number of esters is 1. The van der Waals surface area contributed by atoms with Crippen LogP contribution in [0, 0.1) is 11.3 Å². The summed E-state index contributed by atoms with van der Waals surface area (Å²) >= 11 is 0. The maximum atomic E-state index is 12.5. The number of hydrogen-bond acceptors (Lipinski definition) is 11. The summed E-state index contributed by atoms with van der Waals surface area (Å²) in [6, 6.07) is 1.82. The van der Waals surface area contributed by atoms with E-state index in [2.05, 4.69) is 0 Å². The van der Waals surface area contributed by atoms with Gasteiger partial charge >= 0.3 is 13.8 Å². The van der Waals surface area contributed by atoms with E-state index in [1.165, 1.54) is 0 Å². The van der Waals surface area contributed by atoms with Gasteiger partial charge in [0.2, 0.25) is 5.91 Å². The van der Waals surface area contributed by atoms with Crippen LogP contribution in [0.1, 0.15) is 38.5 Å². The van der Waals surface area contributed by atoms with E-state index >= 15 is 0 Å². The van der Waals surface area contributed by atoms with E-state index in [1.807, 2.05) is 6.07 Å². The normalized spacial score (nSPS) is 13.3. The van der Waals surface area contributed by atoms with Crippen LogP contribution in [0.4, 0.5) is 0 Å². The molecule has 174 valence electrons. The first kappa shape index (κ1) is 28.5. The Morgan fingerprint density at radius 1 is 0.933 bits per heavy atom. The molecule has 0 aromatic carbocycles. The molecule has 0 aliphatic rings. The van der Waals surface area contributed by atoms with Crippen LogP contribution < -0.4 is 11.5 Å². The SMILES string of the molecule is N#CCCOP(=O)(OCCCCCN)OCCS(=O)(=O)CCOC(=O)CCC(N)=O. The van der Waals surface area contributed by atoms with Crippen LogP contribution in [-0.4, -0.2) is 64.8 Å².